The fourth-order valence-electron chi connectivity index (χ4n) is 3.61. The van der Waals surface area contributed by atoms with Crippen LogP contribution in [0.4, 0.5) is 0 Å². The average Bonchev–Trinajstić information content (AvgIpc) is 3.17. The molecule has 1 atom stereocenters. The van der Waals surface area contributed by atoms with Crippen LogP contribution in [0.5, 0.6) is 0 Å². The molecule has 1 N–H and O–H groups in total. The van der Waals surface area contributed by atoms with Crippen molar-refractivity contribution < 1.29 is 8.42 Å². The van der Waals surface area contributed by atoms with Crippen LogP contribution in [0.15, 0.2) is 11.2 Å². The number of aromatic amines is 1. The highest BCUT2D eigenvalue weighted by molar-refractivity contribution is 7.89. The molecule has 0 radical (unpaired) electrons. The van der Waals surface area contributed by atoms with Gasteiger partial charge < -0.3 is 0 Å². The van der Waals surface area contributed by atoms with Gasteiger partial charge in [0.25, 0.3) is 10.0 Å². The monoisotopic (exact) mass is 317 g/mol. The first kappa shape index (κ1) is 14.4. The van der Waals surface area contributed by atoms with E-state index in [1.54, 1.807) is 4.31 Å². The molecule has 1 aliphatic carbocycles. The van der Waals surface area contributed by atoms with Gasteiger partial charge in [0.15, 0.2) is 5.03 Å². The van der Waals surface area contributed by atoms with Crippen molar-refractivity contribution in [2.24, 2.45) is 5.92 Å². The number of halogens is 1. The molecule has 1 unspecified atom stereocenters. The first-order valence-corrected chi connectivity index (χ1v) is 9.22. The first-order valence-electron chi connectivity index (χ1n) is 7.24. The maximum absolute atomic E-state index is 12.8. The van der Waals surface area contributed by atoms with E-state index in [1.165, 1.54) is 19.0 Å². The van der Waals surface area contributed by atoms with Gasteiger partial charge in [-0.25, -0.2) is 8.42 Å². The third kappa shape index (κ3) is 2.38. The maximum Gasteiger partial charge on any atom is 0.260 e. The van der Waals surface area contributed by atoms with Crippen molar-refractivity contribution in [1.82, 2.24) is 14.5 Å². The Morgan fingerprint density at radius 2 is 2.05 bits per heavy atom. The van der Waals surface area contributed by atoms with Gasteiger partial charge in [0.1, 0.15) is 0 Å². The van der Waals surface area contributed by atoms with Gasteiger partial charge in [-0.1, -0.05) is 12.8 Å². The Kier molecular flexibility index (Phi) is 4.06. The predicted octanol–water partition coefficient (Wildman–Crippen LogP) is 2.49. The normalized spacial score (nSPS) is 25.6. The lowest BCUT2D eigenvalue weighted by atomic mass is 9.97. The van der Waals surface area contributed by atoms with Gasteiger partial charge >= 0.3 is 0 Å². The number of nitrogens with zero attached hydrogens (tertiary/aromatic N) is 2. The number of aromatic nitrogens is 2. The molecule has 1 aromatic heterocycles. The minimum Gasteiger partial charge on any atom is -0.266 e. The van der Waals surface area contributed by atoms with Crippen molar-refractivity contribution >= 4 is 21.6 Å². The standard InChI is InChI=1S/C13H20ClN3O2S/c14-8-11-9-15-16-13(11)20(18,19)17-7-3-6-12(17)10-4-1-2-5-10/h9-10,12H,1-8H2,(H,15,16). The van der Waals surface area contributed by atoms with E-state index in [0.29, 0.717) is 18.0 Å². The Hall–Kier alpha value is -0.590. The molecular formula is C13H20ClN3O2S. The van der Waals surface area contributed by atoms with E-state index < -0.39 is 10.0 Å². The van der Waals surface area contributed by atoms with Crippen LogP contribution >= 0.6 is 11.6 Å². The highest BCUT2D eigenvalue weighted by Gasteiger charge is 2.41. The lowest BCUT2D eigenvalue weighted by Gasteiger charge is -2.28. The summed E-state index contributed by atoms with van der Waals surface area (Å²) in [6, 6.07) is 0.161. The Morgan fingerprint density at radius 1 is 1.30 bits per heavy atom. The molecule has 112 valence electrons. The second-order valence-electron chi connectivity index (χ2n) is 5.73. The van der Waals surface area contributed by atoms with Gasteiger partial charge in [-0.2, -0.15) is 9.40 Å². The smallest absolute Gasteiger partial charge is 0.260 e. The van der Waals surface area contributed by atoms with Crippen molar-refractivity contribution in [2.75, 3.05) is 6.54 Å². The lowest BCUT2D eigenvalue weighted by molar-refractivity contribution is 0.287. The Balaban J connectivity index is 1.90. The number of hydrogen-bond acceptors (Lipinski definition) is 3. The molecule has 0 spiro atoms. The SMILES string of the molecule is O=S(=O)(c1[nH]ncc1CCl)N1CCCC1C1CCCC1. The van der Waals surface area contributed by atoms with Crippen molar-refractivity contribution in [3.63, 3.8) is 0 Å². The van der Waals surface area contributed by atoms with E-state index in [-0.39, 0.29) is 16.9 Å². The minimum absolute atomic E-state index is 0.160. The Morgan fingerprint density at radius 3 is 2.75 bits per heavy atom. The third-order valence-electron chi connectivity index (χ3n) is 4.58. The van der Waals surface area contributed by atoms with Crippen LogP contribution in [0, 0.1) is 5.92 Å². The molecule has 3 rings (SSSR count). The quantitative estimate of drug-likeness (QED) is 0.868. The van der Waals surface area contributed by atoms with Crippen LogP contribution < -0.4 is 0 Å². The van der Waals surface area contributed by atoms with E-state index in [4.69, 9.17) is 11.6 Å². The summed E-state index contributed by atoms with van der Waals surface area (Å²) in [7, 11) is -3.49. The molecule has 0 amide bonds. The van der Waals surface area contributed by atoms with Crippen LogP contribution in [0.3, 0.4) is 0 Å². The molecule has 2 aliphatic rings. The molecule has 1 aromatic rings. The van der Waals surface area contributed by atoms with Gasteiger partial charge in [0.2, 0.25) is 0 Å². The summed E-state index contributed by atoms with van der Waals surface area (Å²) in [5.41, 5.74) is 0.559. The molecule has 5 nitrogen and oxygen atoms in total. The zero-order valence-electron chi connectivity index (χ0n) is 11.4. The molecular weight excluding hydrogens is 298 g/mol. The zero-order chi connectivity index (χ0) is 14.2. The molecule has 1 saturated carbocycles. The molecule has 20 heavy (non-hydrogen) atoms. The molecule has 0 bridgehead atoms. The summed E-state index contributed by atoms with van der Waals surface area (Å²) >= 11 is 5.81. The Bertz CT molecular complexity index is 566. The minimum atomic E-state index is -3.49. The van der Waals surface area contributed by atoms with E-state index >= 15 is 0 Å². The van der Waals surface area contributed by atoms with Gasteiger partial charge in [-0.3, -0.25) is 5.10 Å². The summed E-state index contributed by atoms with van der Waals surface area (Å²) < 4.78 is 27.4. The summed E-state index contributed by atoms with van der Waals surface area (Å²) in [6.45, 7) is 0.615. The van der Waals surface area contributed by atoms with E-state index in [1.807, 2.05) is 0 Å². The third-order valence-corrected chi connectivity index (χ3v) is 6.81. The molecule has 1 saturated heterocycles. The van der Waals surface area contributed by atoms with E-state index in [9.17, 15) is 8.42 Å². The van der Waals surface area contributed by atoms with Crippen molar-refractivity contribution in [3.8, 4) is 0 Å². The summed E-state index contributed by atoms with van der Waals surface area (Å²) in [4.78, 5) is 0. The number of nitrogens with one attached hydrogen (secondary N) is 1. The largest absolute Gasteiger partial charge is 0.266 e. The van der Waals surface area contributed by atoms with Crippen LogP contribution in [-0.4, -0.2) is 35.5 Å². The van der Waals surface area contributed by atoms with E-state index in [0.717, 1.165) is 25.7 Å². The van der Waals surface area contributed by atoms with Gasteiger partial charge in [-0.15, -0.1) is 11.6 Å². The summed E-state index contributed by atoms with van der Waals surface area (Å²) in [6.07, 6.45) is 8.20. The number of sulfonamides is 1. The molecule has 0 aromatic carbocycles. The number of rotatable bonds is 4. The number of H-pyrrole nitrogens is 1. The second kappa shape index (κ2) is 5.66. The number of hydrogen-bond donors (Lipinski definition) is 1. The maximum atomic E-state index is 12.8. The highest BCUT2D eigenvalue weighted by atomic mass is 35.5. The van der Waals surface area contributed by atoms with Gasteiger partial charge in [0.05, 0.1) is 12.1 Å². The molecule has 2 heterocycles. The average molecular weight is 318 g/mol. The van der Waals surface area contributed by atoms with Crippen molar-refractivity contribution in [2.45, 2.75) is 55.5 Å². The summed E-state index contributed by atoms with van der Waals surface area (Å²) in [5.74, 6) is 0.683. The highest BCUT2D eigenvalue weighted by Crippen LogP contribution is 2.38. The molecule has 2 fully saturated rings. The van der Waals surface area contributed by atoms with E-state index in [2.05, 4.69) is 10.2 Å². The fourth-order valence-corrected chi connectivity index (χ4v) is 5.76. The number of alkyl halides is 1. The summed E-state index contributed by atoms with van der Waals surface area (Å²) in [5, 5.41) is 6.64. The Labute approximate surface area is 124 Å². The van der Waals surface area contributed by atoms with Crippen LogP contribution in [0.25, 0.3) is 0 Å². The molecule has 1 aliphatic heterocycles. The van der Waals surface area contributed by atoms with Gasteiger partial charge in [-0.05, 0) is 31.6 Å². The van der Waals surface area contributed by atoms with Crippen LogP contribution in [0.2, 0.25) is 0 Å². The van der Waals surface area contributed by atoms with Crippen LogP contribution in [-0.2, 0) is 15.9 Å². The lowest BCUT2D eigenvalue weighted by Crippen LogP contribution is -2.39. The van der Waals surface area contributed by atoms with Crippen LogP contribution in [0.1, 0.15) is 44.1 Å². The second-order valence-corrected chi connectivity index (χ2v) is 7.82. The predicted molar refractivity (Wildman–Crippen MR) is 77.0 cm³/mol. The topological polar surface area (TPSA) is 66.1 Å². The molecule has 7 heteroatoms. The van der Waals surface area contributed by atoms with Crippen molar-refractivity contribution in [3.05, 3.63) is 11.8 Å². The first-order chi connectivity index (χ1) is 9.64. The van der Waals surface area contributed by atoms with Gasteiger partial charge in [0, 0.05) is 18.2 Å². The van der Waals surface area contributed by atoms with Crippen molar-refractivity contribution in [1.29, 1.82) is 0 Å². The fraction of sp³-hybridized carbons (Fsp3) is 0.769. The zero-order valence-corrected chi connectivity index (χ0v) is 13.0.